The minimum atomic E-state index is -0.0294. The number of hydrogen-bond donors (Lipinski definition) is 2. The van der Waals surface area contributed by atoms with Gasteiger partial charge >= 0.3 is 0 Å². The smallest absolute Gasteiger partial charge is 0.261 e. The van der Waals surface area contributed by atoms with E-state index in [4.69, 9.17) is 0 Å². The second-order valence-electron chi connectivity index (χ2n) is 8.50. The molecule has 6 rings (SSSR count). The maximum Gasteiger partial charge on any atom is 0.261 e. The van der Waals surface area contributed by atoms with Crippen LogP contribution in [0.5, 0.6) is 0 Å². The number of carbonyl (C=O) groups excluding carboxylic acids is 1. The molecule has 1 aliphatic carbocycles. The second kappa shape index (κ2) is 6.69. The molecular weight excluding hydrogens is 394 g/mol. The van der Waals surface area contributed by atoms with Crippen LogP contribution in [0.4, 0.5) is 5.82 Å². The maximum atomic E-state index is 13.7. The lowest BCUT2D eigenvalue weighted by atomic mass is 10.1. The predicted octanol–water partition coefficient (Wildman–Crippen LogP) is 1.87. The molecule has 4 aromatic rings. The van der Waals surface area contributed by atoms with E-state index in [1.165, 1.54) is 12.8 Å². The van der Waals surface area contributed by atoms with Crippen LogP contribution in [0.1, 0.15) is 29.7 Å². The minimum Gasteiger partial charge on any atom is -0.371 e. The van der Waals surface area contributed by atoms with Crippen LogP contribution < -0.4 is 10.9 Å². The van der Waals surface area contributed by atoms with Crippen molar-refractivity contribution in [1.82, 2.24) is 29.3 Å². The largest absolute Gasteiger partial charge is 0.371 e. The van der Waals surface area contributed by atoms with Crippen molar-refractivity contribution >= 4 is 28.8 Å². The van der Waals surface area contributed by atoms with Crippen molar-refractivity contribution in [3.63, 3.8) is 0 Å². The number of hydrogen-bond acceptors (Lipinski definition) is 5. The van der Waals surface area contributed by atoms with Gasteiger partial charge in [0, 0.05) is 30.1 Å². The molecule has 4 heterocycles. The molecule has 0 atom stereocenters. The van der Waals surface area contributed by atoms with Crippen LogP contribution in [-0.2, 0) is 24.2 Å². The van der Waals surface area contributed by atoms with Crippen molar-refractivity contribution in [2.75, 3.05) is 18.9 Å². The second-order valence-corrected chi connectivity index (χ2v) is 8.50. The molecule has 1 aliphatic heterocycles. The molecule has 3 aromatic heterocycles. The summed E-state index contributed by atoms with van der Waals surface area (Å²) >= 11 is 0. The van der Waals surface area contributed by atoms with Crippen molar-refractivity contribution in [2.45, 2.75) is 32.2 Å². The predicted molar refractivity (Wildman–Crippen MR) is 117 cm³/mol. The fourth-order valence-electron chi connectivity index (χ4n) is 4.68. The molecule has 1 aromatic carbocycles. The van der Waals surface area contributed by atoms with Crippen molar-refractivity contribution < 1.29 is 4.79 Å². The molecule has 1 saturated carbocycles. The van der Waals surface area contributed by atoms with Crippen LogP contribution in [0.3, 0.4) is 0 Å². The van der Waals surface area contributed by atoms with Crippen LogP contribution in [0, 0.1) is 5.92 Å². The molecule has 31 heavy (non-hydrogen) atoms. The summed E-state index contributed by atoms with van der Waals surface area (Å²) in [7, 11) is 1.83. The first kappa shape index (κ1) is 18.2. The quantitative estimate of drug-likeness (QED) is 0.483. The van der Waals surface area contributed by atoms with Gasteiger partial charge in [0.2, 0.25) is 6.41 Å². The summed E-state index contributed by atoms with van der Waals surface area (Å²) in [5.41, 5.74) is 5.04. The Bertz CT molecular complexity index is 1390. The van der Waals surface area contributed by atoms with E-state index in [1.807, 2.05) is 36.0 Å². The molecule has 9 nitrogen and oxygen atoms in total. The lowest BCUT2D eigenvalue weighted by Gasteiger charge is -2.26. The van der Waals surface area contributed by atoms with Crippen LogP contribution >= 0.6 is 0 Å². The number of fused-ring (bicyclic) bond motifs is 4. The maximum absolute atomic E-state index is 13.7. The summed E-state index contributed by atoms with van der Waals surface area (Å²) in [6.07, 6.45) is 6.61. The number of carbonyl (C=O) groups is 1. The number of aromatic nitrogens is 5. The first-order chi connectivity index (χ1) is 15.2. The molecular formula is C22H23N7O2. The molecule has 1 amide bonds. The molecule has 0 saturated heterocycles. The first-order valence-corrected chi connectivity index (χ1v) is 10.7. The van der Waals surface area contributed by atoms with Gasteiger partial charge in [0.15, 0.2) is 5.82 Å². The Morgan fingerprint density at radius 3 is 2.97 bits per heavy atom. The molecule has 0 unspecified atom stereocenters. The molecule has 158 valence electrons. The van der Waals surface area contributed by atoms with Crippen LogP contribution in [-0.4, -0.2) is 49.3 Å². The fourth-order valence-corrected chi connectivity index (χ4v) is 4.68. The van der Waals surface area contributed by atoms with Gasteiger partial charge in [-0.2, -0.15) is 10.2 Å². The average Bonchev–Trinajstić information content (AvgIpc) is 3.37. The summed E-state index contributed by atoms with van der Waals surface area (Å²) in [4.78, 5) is 26.8. The highest BCUT2D eigenvalue weighted by Gasteiger charge is 2.29. The first-order valence-electron chi connectivity index (χ1n) is 10.7. The third kappa shape index (κ3) is 2.76. The van der Waals surface area contributed by atoms with E-state index in [-0.39, 0.29) is 5.56 Å². The monoisotopic (exact) mass is 417 g/mol. The number of aromatic amines is 1. The van der Waals surface area contributed by atoms with Crippen LogP contribution in [0.25, 0.3) is 22.2 Å². The summed E-state index contributed by atoms with van der Waals surface area (Å²) in [5.74, 6) is 1.43. The Morgan fingerprint density at radius 1 is 1.32 bits per heavy atom. The number of nitrogens with one attached hydrogen (secondary N) is 2. The summed E-state index contributed by atoms with van der Waals surface area (Å²) in [6.45, 7) is 0.944. The number of nitrogens with zero attached hydrogens (tertiary/aromatic N) is 5. The highest BCUT2D eigenvalue weighted by Crippen LogP contribution is 2.34. The normalized spacial score (nSPS) is 16.1. The van der Waals surface area contributed by atoms with Gasteiger partial charge in [0.25, 0.3) is 5.56 Å². The molecule has 2 N–H and O–H groups in total. The highest BCUT2D eigenvalue weighted by atomic mass is 16.1. The third-order valence-electron chi connectivity index (χ3n) is 6.49. The highest BCUT2D eigenvalue weighted by molar-refractivity contribution is 5.91. The van der Waals surface area contributed by atoms with Crippen molar-refractivity contribution in [1.29, 1.82) is 0 Å². The summed E-state index contributed by atoms with van der Waals surface area (Å²) in [6, 6.07) is 5.90. The van der Waals surface area contributed by atoms with E-state index in [0.717, 1.165) is 57.7 Å². The zero-order chi connectivity index (χ0) is 21.1. The van der Waals surface area contributed by atoms with E-state index >= 15 is 0 Å². The number of rotatable bonds is 5. The molecule has 1 fully saturated rings. The van der Waals surface area contributed by atoms with Gasteiger partial charge in [-0.15, -0.1) is 0 Å². The Morgan fingerprint density at radius 2 is 2.19 bits per heavy atom. The molecule has 0 spiro atoms. The van der Waals surface area contributed by atoms with Crippen LogP contribution in [0.2, 0.25) is 0 Å². The van der Waals surface area contributed by atoms with E-state index < -0.39 is 0 Å². The van der Waals surface area contributed by atoms with Crippen molar-refractivity contribution in [3.05, 3.63) is 51.6 Å². The average molecular weight is 417 g/mol. The standard InChI is InChI=1S/C22H23N7O2/c1-23-20-16-5-4-15(9-18(16)25-26-20)28-21-14(8-13-2-3-13)10-24-29(21)19-11-27(12-30)7-6-17(19)22(28)31/h4-5,9-10,12-13H,2-3,6-8,11H2,1H3,(H2,23,25,26). The molecule has 9 heteroatoms. The number of H-pyrrole nitrogens is 1. The molecule has 0 radical (unpaired) electrons. The zero-order valence-electron chi connectivity index (χ0n) is 17.3. The fraction of sp³-hybridized carbons (Fsp3) is 0.364. The summed E-state index contributed by atoms with van der Waals surface area (Å²) in [5, 5.41) is 16.1. The van der Waals surface area contributed by atoms with E-state index in [1.54, 1.807) is 9.47 Å². The van der Waals surface area contributed by atoms with Gasteiger partial charge in [-0.3, -0.25) is 19.3 Å². The van der Waals surface area contributed by atoms with E-state index in [2.05, 4.69) is 20.6 Å². The SMILES string of the molecule is CNc1n[nH]c2cc(-n3c(=O)c4c(n5ncc(CC6CC6)c35)CN(C=O)CC4)ccc12. The number of anilines is 1. The Hall–Kier alpha value is -3.62. The van der Waals surface area contributed by atoms with Gasteiger partial charge in [-0.1, -0.05) is 0 Å². The lowest BCUT2D eigenvalue weighted by Crippen LogP contribution is -2.37. The summed E-state index contributed by atoms with van der Waals surface area (Å²) < 4.78 is 3.67. The van der Waals surface area contributed by atoms with Gasteiger partial charge < -0.3 is 10.2 Å². The van der Waals surface area contributed by atoms with Gasteiger partial charge in [-0.05, 0) is 49.8 Å². The Labute approximate surface area is 177 Å². The van der Waals surface area contributed by atoms with Gasteiger partial charge in [0.05, 0.1) is 29.6 Å². The Kier molecular flexibility index (Phi) is 3.92. The Balaban J connectivity index is 1.63. The van der Waals surface area contributed by atoms with E-state index in [0.29, 0.717) is 25.4 Å². The van der Waals surface area contributed by atoms with Crippen molar-refractivity contribution in [3.8, 4) is 5.69 Å². The number of amides is 1. The number of benzene rings is 1. The molecule has 2 aliphatic rings. The lowest BCUT2D eigenvalue weighted by molar-refractivity contribution is -0.119. The third-order valence-corrected chi connectivity index (χ3v) is 6.49. The van der Waals surface area contributed by atoms with Crippen LogP contribution in [0.15, 0.2) is 29.2 Å². The van der Waals surface area contributed by atoms with Gasteiger partial charge in [-0.25, -0.2) is 4.52 Å². The minimum absolute atomic E-state index is 0.0294. The van der Waals surface area contributed by atoms with Gasteiger partial charge in [0.1, 0.15) is 5.65 Å². The van der Waals surface area contributed by atoms with E-state index in [9.17, 15) is 9.59 Å². The topological polar surface area (TPSA) is 100 Å². The molecule has 0 bridgehead atoms. The zero-order valence-corrected chi connectivity index (χ0v) is 17.3. The van der Waals surface area contributed by atoms with Crippen molar-refractivity contribution in [2.24, 2.45) is 5.92 Å².